The number of aryl methyl sites for hydroxylation is 1. The van der Waals surface area contributed by atoms with Crippen LogP contribution in [0.4, 0.5) is 4.79 Å². The molecule has 0 radical (unpaired) electrons. The minimum atomic E-state index is -0.872. The van der Waals surface area contributed by atoms with Gasteiger partial charge in [-0.25, -0.2) is 4.79 Å². The summed E-state index contributed by atoms with van der Waals surface area (Å²) in [6.45, 7) is 17.3. The van der Waals surface area contributed by atoms with Gasteiger partial charge in [-0.3, -0.25) is 9.59 Å². The zero-order valence-corrected chi connectivity index (χ0v) is 24.4. The lowest BCUT2D eigenvalue weighted by atomic mass is 9.92. The molecule has 0 aromatic heterocycles. The molecule has 0 aliphatic carbocycles. The van der Waals surface area contributed by atoms with Crippen molar-refractivity contribution in [2.75, 3.05) is 0 Å². The number of hydrogen-bond acceptors (Lipinski definition) is 4. The summed E-state index contributed by atoms with van der Waals surface area (Å²) in [6.07, 6.45) is -0.0264. The molecule has 0 saturated carbocycles. The number of nitrogens with zero attached hydrogens (tertiary/aromatic N) is 1. The van der Waals surface area contributed by atoms with Gasteiger partial charge in [0.2, 0.25) is 11.8 Å². The van der Waals surface area contributed by atoms with Crippen LogP contribution in [0.15, 0.2) is 48.5 Å². The molecule has 2 aromatic rings. The number of nitrogens with one attached hydrogen (secondary N) is 2. The summed E-state index contributed by atoms with van der Waals surface area (Å²) in [6, 6.07) is 13.5. The van der Waals surface area contributed by atoms with Crippen molar-refractivity contribution in [3.8, 4) is 0 Å². The number of alkyl carbamates (subject to hydrolysis) is 1. The molecule has 3 atom stereocenters. The summed E-state index contributed by atoms with van der Waals surface area (Å²) in [7, 11) is 0. The molecule has 0 fully saturated rings. The number of benzene rings is 2. The topological polar surface area (TPSA) is 87.7 Å². The number of amides is 3. The Bertz CT molecular complexity index is 1090. The van der Waals surface area contributed by atoms with Gasteiger partial charge in [-0.05, 0) is 76.1 Å². The third-order valence-corrected chi connectivity index (χ3v) is 6.70. The van der Waals surface area contributed by atoms with E-state index in [0.717, 1.165) is 22.3 Å². The van der Waals surface area contributed by atoms with Crippen molar-refractivity contribution < 1.29 is 19.1 Å². The van der Waals surface area contributed by atoms with Crippen molar-refractivity contribution in [1.29, 1.82) is 0 Å². The van der Waals surface area contributed by atoms with E-state index in [1.54, 1.807) is 25.7 Å². The Morgan fingerprint density at radius 1 is 0.947 bits per heavy atom. The fourth-order valence-corrected chi connectivity index (χ4v) is 4.27. The Morgan fingerprint density at radius 2 is 1.58 bits per heavy atom. The second-order valence-corrected chi connectivity index (χ2v) is 11.3. The predicted molar refractivity (Wildman–Crippen MR) is 152 cm³/mol. The highest BCUT2D eigenvalue weighted by molar-refractivity contribution is 5.92. The number of carbonyl (C=O) groups excluding carboxylic acids is 3. The van der Waals surface area contributed by atoms with Crippen LogP contribution < -0.4 is 10.6 Å². The van der Waals surface area contributed by atoms with Crippen LogP contribution in [-0.4, -0.2) is 40.5 Å². The van der Waals surface area contributed by atoms with Gasteiger partial charge >= 0.3 is 6.09 Å². The maximum Gasteiger partial charge on any atom is 0.408 e. The molecule has 2 N–H and O–H groups in total. The van der Waals surface area contributed by atoms with Crippen LogP contribution in [0.3, 0.4) is 0 Å². The largest absolute Gasteiger partial charge is 0.444 e. The molecule has 2 aromatic carbocycles. The van der Waals surface area contributed by atoms with E-state index >= 15 is 0 Å². The Kier molecular flexibility index (Phi) is 10.9. The molecule has 0 aliphatic heterocycles. The molecule has 7 heteroatoms. The van der Waals surface area contributed by atoms with Crippen LogP contribution >= 0.6 is 0 Å². The first-order valence-corrected chi connectivity index (χ1v) is 13.5. The van der Waals surface area contributed by atoms with Crippen LogP contribution in [0.2, 0.25) is 0 Å². The minimum Gasteiger partial charge on any atom is -0.444 e. The quantitative estimate of drug-likeness (QED) is 0.410. The van der Waals surface area contributed by atoms with Gasteiger partial charge in [-0.1, -0.05) is 69.3 Å². The van der Waals surface area contributed by atoms with Crippen LogP contribution in [0, 0.1) is 19.8 Å². The van der Waals surface area contributed by atoms with E-state index < -0.39 is 23.8 Å². The average molecular weight is 524 g/mol. The van der Waals surface area contributed by atoms with Crippen molar-refractivity contribution in [3.63, 3.8) is 0 Å². The molecule has 3 amide bonds. The number of carbonyl (C=O) groups is 3. The van der Waals surface area contributed by atoms with Gasteiger partial charge in [0.25, 0.3) is 0 Å². The molecule has 2 rings (SSSR count). The standard InChI is InChI=1S/C31H45N3O4/c1-10-22(5)34(29(36)26(20(2)3)33-30(37)38-31(7,8)9)27(25-18-14-15-21(4)23(25)6)28(35)32-19-24-16-12-11-13-17-24/h11-18,20,22,26-27H,10,19H2,1-9H3,(H,32,35)(H,33,37). The molecule has 38 heavy (non-hydrogen) atoms. The van der Waals surface area contributed by atoms with E-state index in [-0.39, 0.29) is 23.8 Å². The first kappa shape index (κ1) is 30.9. The summed E-state index contributed by atoms with van der Waals surface area (Å²) in [5.74, 6) is -0.815. The molecule has 3 unspecified atom stereocenters. The van der Waals surface area contributed by atoms with Gasteiger partial charge in [0.05, 0.1) is 0 Å². The van der Waals surface area contributed by atoms with E-state index in [9.17, 15) is 14.4 Å². The third-order valence-electron chi connectivity index (χ3n) is 6.70. The summed E-state index contributed by atoms with van der Waals surface area (Å²) >= 11 is 0. The molecule has 0 saturated heterocycles. The van der Waals surface area contributed by atoms with Crippen LogP contribution in [0.1, 0.15) is 83.2 Å². The van der Waals surface area contributed by atoms with Gasteiger partial charge < -0.3 is 20.3 Å². The van der Waals surface area contributed by atoms with Crippen molar-refractivity contribution >= 4 is 17.9 Å². The van der Waals surface area contributed by atoms with Crippen molar-refractivity contribution in [2.24, 2.45) is 5.92 Å². The Balaban J connectivity index is 2.54. The maximum atomic E-state index is 14.3. The Morgan fingerprint density at radius 3 is 2.13 bits per heavy atom. The van der Waals surface area contributed by atoms with E-state index in [4.69, 9.17) is 4.74 Å². The van der Waals surface area contributed by atoms with E-state index in [1.165, 1.54) is 0 Å². The Labute approximate surface area is 228 Å². The van der Waals surface area contributed by atoms with Crippen molar-refractivity contribution in [1.82, 2.24) is 15.5 Å². The van der Waals surface area contributed by atoms with Crippen molar-refractivity contribution in [3.05, 3.63) is 70.8 Å². The lowest BCUT2D eigenvalue weighted by Gasteiger charge is -2.39. The average Bonchev–Trinajstić information content (AvgIpc) is 2.85. The monoisotopic (exact) mass is 523 g/mol. The minimum absolute atomic E-state index is 0.229. The Hall–Kier alpha value is -3.35. The normalized spacial score (nSPS) is 13.8. The number of ether oxygens (including phenoxy) is 1. The molecule has 0 bridgehead atoms. The molecule has 0 aliphatic rings. The summed E-state index contributed by atoms with van der Waals surface area (Å²) in [5, 5.41) is 5.83. The summed E-state index contributed by atoms with van der Waals surface area (Å²) < 4.78 is 5.45. The molecule has 0 heterocycles. The smallest absolute Gasteiger partial charge is 0.408 e. The lowest BCUT2D eigenvalue weighted by Crippen LogP contribution is -2.57. The molecule has 7 nitrogen and oxygen atoms in total. The van der Waals surface area contributed by atoms with Gasteiger partial charge in [0.15, 0.2) is 0 Å². The first-order chi connectivity index (χ1) is 17.8. The summed E-state index contributed by atoms with van der Waals surface area (Å²) in [5.41, 5.74) is 3.02. The molecule has 0 spiro atoms. The zero-order chi connectivity index (χ0) is 28.6. The maximum absolute atomic E-state index is 14.3. The second kappa shape index (κ2) is 13.4. The molecular weight excluding hydrogens is 478 g/mol. The zero-order valence-electron chi connectivity index (χ0n) is 24.4. The number of rotatable bonds is 10. The van der Waals surface area contributed by atoms with Gasteiger partial charge in [0, 0.05) is 12.6 Å². The molecule has 208 valence electrons. The van der Waals surface area contributed by atoms with Gasteiger partial charge in [-0.15, -0.1) is 0 Å². The van der Waals surface area contributed by atoms with E-state index in [0.29, 0.717) is 13.0 Å². The van der Waals surface area contributed by atoms with Gasteiger partial charge in [-0.2, -0.15) is 0 Å². The second-order valence-electron chi connectivity index (χ2n) is 11.3. The SMILES string of the molecule is CCC(C)N(C(=O)C(NC(=O)OC(C)(C)C)C(C)C)C(C(=O)NCc1ccccc1)c1cccc(C)c1C. The fraction of sp³-hybridized carbons (Fsp3) is 0.516. The predicted octanol–water partition coefficient (Wildman–Crippen LogP) is 5.84. The van der Waals surface area contributed by atoms with Crippen LogP contribution in [0.5, 0.6) is 0 Å². The number of hydrogen-bond donors (Lipinski definition) is 2. The van der Waals surface area contributed by atoms with Crippen LogP contribution in [-0.2, 0) is 20.9 Å². The molecular formula is C31H45N3O4. The lowest BCUT2D eigenvalue weighted by molar-refractivity contribution is -0.146. The highest BCUT2D eigenvalue weighted by Crippen LogP contribution is 2.30. The summed E-state index contributed by atoms with van der Waals surface area (Å²) in [4.78, 5) is 42.5. The van der Waals surface area contributed by atoms with E-state index in [1.807, 2.05) is 90.1 Å². The van der Waals surface area contributed by atoms with E-state index in [2.05, 4.69) is 10.6 Å². The van der Waals surface area contributed by atoms with Crippen molar-refractivity contribution in [2.45, 2.75) is 99.0 Å². The van der Waals surface area contributed by atoms with Gasteiger partial charge in [0.1, 0.15) is 17.7 Å². The highest BCUT2D eigenvalue weighted by atomic mass is 16.6. The fourth-order valence-electron chi connectivity index (χ4n) is 4.27. The first-order valence-electron chi connectivity index (χ1n) is 13.5. The third kappa shape index (κ3) is 8.33. The highest BCUT2D eigenvalue weighted by Gasteiger charge is 2.40. The van der Waals surface area contributed by atoms with Crippen LogP contribution in [0.25, 0.3) is 0 Å².